The number of hydrogen-bond acceptors (Lipinski definition) is 7. The number of β-amino-alcohol motifs (C(OH)–C–C–N with tert-alkyl or cyclic N) is 1. The van der Waals surface area contributed by atoms with E-state index in [4.69, 9.17) is 4.52 Å². The second-order valence-corrected chi connectivity index (χ2v) is 7.38. The topological polar surface area (TPSA) is 87.4 Å². The molecule has 0 aromatic carbocycles. The molecule has 3 heterocycles. The Labute approximate surface area is 142 Å². The number of nitrogens with zero attached hydrogens (tertiary/aromatic N) is 1. The van der Waals surface area contributed by atoms with E-state index in [0.717, 1.165) is 22.9 Å². The van der Waals surface area contributed by atoms with Gasteiger partial charge in [0.1, 0.15) is 0 Å². The lowest BCUT2D eigenvalue weighted by atomic mass is 10.1. The van der Waals surface area contributed by atoms with Crippen molar-refractivity contribution < 1.29 is 14.4 Å². The number of aliphatic hydroxyl groups is 1. The molecule has 0 aliphatic carbocycles. The van der Waals surface area contributed by atoms with Crippen LogP contribution in [0.1, 0.15) is 5.69 Å². The lowest BCUT2D eigenvalue weighted by Crippen LogP contribution is -2.35. The van der Waals surface area contributed by atoms with E-state index in [1.807, 2.05) is 23.6 Å². The van der Waals surface area contributed by atoms with Gasteiger partial charge >= 0.3 is 0 Å². The number of thiophene rings is 1. The fourth-order valence-electron chi connectivity index (χ4n) is 2.39. The number of rotatable bonds is 7. The van der Waals surface area contributed by atoms with Crippen molar-refractivity contribution in [2.24, 2.45) is 5.92 Å². The number of amides is 1. The normalized spacial score (nSPS) is 20.7. The van der Waals surface area contributed by atoms with Gasteiger partial charge < -0.3 is 20.3 Å². The summed E-state index contributed by atoms with van der Waals surface area (Å²) >= 11 is 3.11. The van der Waals surface area contributed by atoms with Gasteiger partial charge in [0, 0.05) is 37.4 Å². The zero-order chi connectivity index (χ0) is 16.1. The Balaban J connectivity index is 1.37. The van der Waals surface area contributed by atoms with Crippen molar-refractivity contribution in [3.05, 3.63) is 29.3 Å². The van der Waals surface area contributed by atoms with Crippen molar-refractivity contribution in [3.8, 4) is 10.6 Å². The largest absolute Gasteiger partial charge is 0.391 e. The fourth-order valence-corrected chi connectivity index (χ4v) is 3.79. The first-order valence-electron chi connectivity index (χ1n) is 7.45. The highest BCUT2D eigenvalue weighted by Crippen LogP contribution is 2.26. The first kappa shape index (κ1) is 16.5. The smallest absolute Gasteiger partial charge is 0.230 e. The van der Waals surface area contributed by atoms with Crippen LogP contribution in [0.15, 0.2) is 28.1 Å². The lowest BCUT2D eigenvalue weighted by Gasteiger charge is -2.13. The summed E-state index contributed by atoms with van der Waals surface area (Å²) in [6.45, 7) is 1.87. The van der Waals surface area contributed by atoms with Crippen LogP contribution in [0, 0.1) is 5.92 Å². The second kappa shape index (κ2) is 7.96. The molecule has 3 N–H and O–H groups in total. The molecule has 1 amide bonds. The highest BCUT2D eigenvalue weighted by atomic mass is 32.2. The molecule has 1 fully saturated rings. The van der Waals surface area contributed by atoms with E-state index >= 15 is 0 Å². The van der Waals surface area contributed by atoms with Crippen LogP contribution in [-0.2, 0) is 10.5 Å². The molecule has 0 saturated carbocycles. The number of carbonyl (C=O) groups excluding carboxylic acids is 1. The minimum atomic E-state index is -0.367. The van der Waals surface area contributed by atoms with Gasteiger partial charge in [-0.15, -0.1) is 23.1 Å². The maximum atomic E-state index is 11.8. The monoisotopic (exact) mass is 353 g/mol. The predicted octanol–water partition coefficient (Wildman–Crippen LogP) is 1.33. The van der Waals surface area contributed by atoms with Gasteiger partial charge in [0.05, 0.1) is 22.4 Å². The highest BCUT2D eigenvalue weighted by molar-refractivity contribution is 7.99. The van der Waals surface area contributed by atoms with Crippen molar-refractivity contribution in [1.82, 2.24) is 15.8 Å². The Morgan fingerprint density at radius 2 is 2.48 bits per heavy atom. The van der Waals surface area contributed by atoms with Crippen LogP contribution < -0.4 is 10.6 Å². The third-order valence-corrected chi connectivity index (χ3v) is 5.52. The maximum absolute atomic E-state index is 11.8. The highest BCUT2D eigenvalue weighted by Gasteiger charge is 2.24. The van der Waals surface area contributed by atoms with Gasteiger partial charge in [0.2, 0.25) is 5.91 Å². The molecule has 1 saturated heterocycles. The minimum absolute atomic E-state index is 0.0175. The Bertz CT molecular complexity index is 630. The molecule has 0 spiro atoms. The van der Waals surface area contributed by atoms with Crippen molar-refractivity contribution in [3.63, 3.8) is 0 Å². The predicted molar refractivity (Wildman–Crippen MR) is 91.4 cm³/mol. The number of thioether (sulfide) groups is 1. The Kier molecular flexibility index (Phi) is 5.71. The molecule has 0 bridgehead atoms. The van der Waals surface area contributed by atoms with Crippen molar-refractivity contribution >= 4 is 29.0 Å². The van der Waals surface area contributed by atoms with E-state index in [1.165, 1.54) is 11.8 Å². The third kappa shape index (κ3) is 4.57. The summed E-state index contributed by atoms with van der Waals surface area (Å²) < 4.78 is 5.31. The Morgan fingerprint density at radius 3 is 3.22 bits per heavy atom. The number of aromatic nitrogens is 1. The van der Waals surface area contributed by atoms with Gasteiger partial charge in [-0.1, -0.05) is 11.2 Å². The van der Waals surface area contributed by atoms with E-state index in [1.54, 1.807) is 11.3 Å². The molecule has 124 valence electrons. The van der Waals surface area contributed by atoms with E-state index in [-0.39, 0.29) is 17.9 Å². The average Bonchev–Trinajstić information content (AvgIpc) is 3.26. The molecular weight excluding hydrogens is 334 g/mol. The average molecular weight is 353 g/mol. The van der Waals surface area contributed by atoms with Crippen LogP contribution in [-0.4, -0.2) is 47.7 Å². The maximum Gasteiger partial charge on any atom is 0.230 e. The van der Waals surface area contributed by atoms with E-state index in [0.29, 0.717) is 24.6 Å². The van der Waals surface area contributed by atoms with Crippen LogP contribution in [0.4, 0.5) is 0 Å². The van der Waals surface area contributed by atoms with Crippen molar-refractivity contribution in [2.75, 3.05) is 25.4 Å². The fraction of sp³-hybridized carbons (Fsp3) is 0.467. The van der Waals surface area contributed by atoms with Crippen LogP contribution in [0.5, 0.6) is 0 Å². The zero-order valence-electron chi connectivity index (χ0n) is 12.5. The van der Waals surface area contributed by atoms with Crippen LogP contribution in [0.3, 0.4) is 0 Å². The van der Waals surface area contributed by atoms with Gasteiger partial charge in [-0.2, -0.15) is 0 Å². The number of nitrogens with one attached hydrogen (secondary N) is 2. The first-order valence-corrected chi connectivity index (χ1v) is 9.48. The SMILES string of the molecule is O=C(CSCc1cc(-c2cccs2)on1)NCC1CNCC1O. The number of hydrogen-bond donors (Lipinski definition) is 3. The third-order valence-electron chi connectivity index (χ3n) is 3.67. The summed E-state index contributed by atoms with van der Waals surface area (Å²) in [7, 11) is 0. The molecule has 2 unspecified atom stereocenters. The quantitative estimate of drug-likeness (QED) is 0.696. The molecule has 0 radical (unpaired) electrons. The summed E-state index contributed by atoms with van der Waals surface area (Å²) in [5.74, 6) is 1.86. The van der Waals surface area contributed by atoms with Gasteiger partial charge in [0.15, 0.2) is 5.76 Å². The van der Waals surface area contributed by atoms with Crippen LogP contribution in [0.25, 0.3) is 10.6 Å². The van der Waals surface area contributed by atoms with Gasteiger partial charge in [0.25, 0.3) is 0 Å². The van der Waals surface area contributed by atoms with Crippen LogP contribution >= 0.6 is 23.1 Å². The molecule has 2 atom stereocenters. The summed E-state index contributed by atoms with van der Waals surface area (Å²) in [5, 5.41) is 21.7. The lowest BCUT2D eigenvalue weighted by molar-refractivity contribution is -0.118. The molecular formula is C15H19N3O3S2. The molecule has 1 aliphatic heterocycles. The molecule has 2 aromatic heterocycles. The first-order chi connectivity index (χ1) is 11.2. The molecule has 2 aromatic rings. The molecule has 3 rings (SSSR count). The molecule has 6 nitrogen and oxygen atoms in total. The van der Waals surface area contributed by atoms with Gasteiger partial charge in [-0.05, 0) is 11.4 Å². The Morgan fingerprint density at radius 1 is 1.57 bits per heavy atom. The van der Waals surface area contributed by atoms with Crippen LogP contribution in [0.2, 0.25) is 0 Å². The molecule has 1 aliphatic rings. The van der Waals surface area contributed by atoms with E-state index < -0.39 is 0 Å². The van der Waals surface area contributed by atoms with Crippen molar-refractivity contribution in [2.45, 2.75) is 11.9 Å². The number of aliphatic hydroxyl groups excluding tert-OH is 1. The summed E-state index contributed by atoms with van der Waals surface area (Å²) in [6.07, 6.45) is -0.367. The molecule has 23 heavy (non-hydrogen) atoms. The summed E-state index contributed by atoms with van der Waals surface area (Å²) in [6, 6.07) is 5.87. The zero-order valence-corrected chi connectivity index (χ0v) is 14.2. The summed E-state index contributed by atoms with van der Waals surface area (Å²) in [5.41, 5.74) is 0.835. The van der Waals surface area contributed by atoms with Gasteiger partial charge in [-0.25, -0.2) is 0 Å². The van der Waals surface area contributed by atoms with E-state index in [9.17, 15) is 9.90 Å². The van der Waals surface area contributed by atoms with Gasteiger partial charge in [-0.3, -0.25) is 4.79 Å². The standard InChI is InChI=1S/C15H19N3O3S2/c19-12-7-16-5-10(12)6-17-15(20)9-22-8-11-4-13(21-18-11)14-2-1-3-23-14/h1-4,10,12,16,19H,5-9H2,(H,17,20). The van der Waals surface area contributed by atoms with E-state index in [2.05, 4.69) is 15.8 Å². The summed E-state index contributed by atoms with van der Waals surface area (Å²) in [4.78, 5) is 12.9. The van der Waals surface area contributed by atoms with Crippen molar-refractivity contribution in [1.29, 1.82) is 0 Å². The molecule has 8 heteroatoms. The Hall–Kier alpha value is -1.35. The number of carbonyl (C=O) groups is 1. The minimum Gasteiger partial charge on any atom is -0.391 e. The second-order valence-electron chi connectivity index (χ2n) is 5.44.